The average Bonchev–Trinajstić information content (AvgIpc) is 2.96. The second-order valence-electron chi connectivity index (χ2n) is 9.96. The van der Waals surface area contributed by atoms with Crippen molar-refractivity contribution < 1.29 is 13.6 Å². The molecule has 2 fully saturated rings. The number of nitrogens with zero attached hydrogens (tertiary/aromatic N) is 6. The highest BCUT2D eigenvalue weighted by atomic mass is 19.2. The van der Waals surface area contributed by atoms with Gasteiger partial charge in [-0.05, 0) is 71.2 Å². The smallest absolute Gasteiger partial charge is 0.253 e. The maximum Gasteiger partial charge on any atom is 0.253 e. The summed E-state index contributed by atoms with van der Waals surface area (Å²) in [4.78, 5) is 33.2. The van der Waals surface area contributed by atoms with Crippen molar-refractivity contribution in [2.45, 2.75) is 66.0 Å². The third-order valence-corrected chi connectivity index (χ3v) is 7.65. The summed E-state index contributed by atoms with van der Waals surface area (Å²) in [6, 6.07) is 4.14. The fourth-order valence-corrected chi connectivity index (χ4v) is 5.37. The van der Waals surface area contributed by atoms with E-state index in [2.05, 4.69) is 40.2 Å². The lowest BCUT2D eigenvalue weighted by molar-refractivity contribution is 0.0226. The molecule has 2 heterocycles. The maximum atomic E-state index is 13.6. The van der Waals surface area contributed by atoms with E-state index in [1.54, 1.807) is 17.2 Å². The third kappa shape index (κ3) is 7.47. The van der Waals surface area contributed by atoms with Crippen LogP contribution in [0.25, 0.3) is 0 Å². The molecule has 3 rings (SSSR count). The van der Waals surface area contributed by atoms with E-state index in [0.717, 1.165) is 62.4 Å². The summed E-state index contributed by atoms with van der Waals surface area (Å²) < 4.78 is 26.9. The molecule has 1 unspecified atom stereocenters. The van der Waals surface area contributed by atoms with Gasteiger partial charge in [-0.3, -0.25) is 14.7 Å². The standard InChI is InChI=1S/C30H42F2N6O/c1-7-24-20-37(22(6)21(5)35-28(8-2)29(33-9-3)34-10-4)17-18-38(24)25-13-15-36(16-14-25)30(39)23-11-12-26(31)27(32)19-23/h8-9,11-12,19,24-25H,2,7,10,13-18,20H2,1,3-6H3/b22-21+,33-9?,34-29?,35-28?. The van der Waals surface area contributed by atoms with Crippen LogP contribution >= 0.6 is 0 Å². The molecule has 0 N–H and O–H groups in total. The van der Waals surface area contributed by atoms with Gasteiger partial charge < -0.3 is 9.80 Å². The van der Waals surface area contributed by atoms with Gasteiger partial charge in [-0.1, -0.05) is 13.5 Å². The molecule has 212 valence electrons. The van der Waals surface area contributed by atoms with Gasteiger partial charge in [-0.25, -0.2) is 18.8 Å². The number of amidine groups is 1. The van der Waals surface area contributed by atoms with Crippen LogP contribution in [0, 0.1) is 11.6 Å². The molecule has 2 saturated heterocycles. The number of amides is 1. The van der Waals surface area contributed by atoms with Crippen molar-refractivity contribution in [2.75, 3.05) is 39.3 Å². The van der Waals surface area contributed by atoms with Gasteiger partial charge in [0, 0.05) is 68.8 Å². The van der Waals surface area contributed by atoms with E-state index < -0.39 is 11.6 Å². The van der Waals surface area contributed by atoms with Crippen LogP contribution in [0.4, 0.5) is 8.78 Å². The van der Waals surface area contributed by atoms with E-state index in [0.29, 0.717) is 43.3 Å². The Balaban J connectivity index is 1.65. The van der Waals surface area contributed by atoms with Gasteiger partial charge in [0.15, 0.2) is 17.5 Å². The predicted octanol–water partition coefficient (Wildman–Crippen LogP) is 5.35. The highest BCUT2D eigenvalue weighted by Gasteiger charge is 2.34. The van der Waals surface area contributed by atoms with Crippen LogP contribution in [0.2, 0.25) is 0 Å². The van der Waals surface area contributed by atoms with Crippen molar-refractivity contribution in [1.82, 2.24) is 14.7 Å². The first kappa shape index (κ1) is 30.3. The zero-order valence-corrected chi connectivity index (χ0v) is 24.0. The van der Waals surface area contributed by atoms with Gasteiger partial charge >= 0.3 is 0 Å². The molecular formula is C30H42F2N6O. The molecule has 1 aromatic rings. The van der Waals surface area contributed by atoms with Crippen LogP contribution in [0.5, 0.6) is 0 Å². The number of hydrogen-bond donors (Lipinski definition) is 0. The number of allylic oxidation sites excluding steroid dienone is 2. The normalized spacial score (nSPS) is 20.9. The van der Waals surface area contributed by atoms with Crippen molar-refractivity contribution in [3.8, 4) is 0 Å². The van der Waals surface area contributed by atoms with Crippen LogP contribution < -0.4 is 0 Å². The SMILES string of the molecule is C=CC(=N/C(C)=C(\C)N1CCN(C2CCN(C(=O)c3ccc(F)c(F)c3)CC2)C(CC)C1)C(N=CC)=NCC. The lowest BCUT2D eigenvalue weighted by atomic mass is 9.97. The fraction of sp³-hybridized carbons (Fsp3) is 0.533. The Labute approximate surface area is 231 Å². The van der Waals surface area contributed by atoms with E-state index in [1.165, 1.54) is 6.07 Å². The number of carbonyl (C=O) groups excluding carboxylic acids is 1. The zero-order chi connectivity index (χ0) is 28.5. The number of piperidine rings is 1. The molecule has 0 aliphatic carbocycles. The summed E-state index contributed by atoms with van der Waals surface area (Å²) in [6.45, 7) is 18.7. The number of hydrogen-bond acceptors (Lipinski definition) is 5. The summed E-state index contributed by atoms with van der Waals surface area (Å²) >= 11 is 0. The van der Waals surface area contributed by atoms with Gasteiger partial charge in [0.1, 0.15) is 5.71 Å². The molecule has 0 bridgehead atoms. The largest absolute Gasteiger partial charge is 0.371 e. The van der Waals surface area contributed by atoms with Crippen molar-refractivity contribution in [3.63, 3.8) is 0 Å². The molecule has 0 spiro atoms. The van der Waals surface area contributed by atoms with Crippen LogP contribution in [-0.4, -0.2) is 89.7 Å². The molecule has 0 radical (unpaired) electrons. The minimum absolute atomic E-state index is 0.196. The lowest BCUT2D eigenvalue weighted by Crippen LogP contribution is -2.58. The van der Waals surface area contributed by atoms with Gasteiger partial charge in [0.2, 0.25) is 0 Å². The van der Waals surface area contributed by atoms with E-state index in [9.17, 15) is 13.6 Å². The molecule has 39 heavy (non-hydrogen) atoms. The molecule has 1 atom stereocenters. The van der Waals surface area contributed by atoms with Gasteiger partial charge in [0.25, 0.3) is 5.91 Å². The molecular weight excluding hydrogens is 498 g/mol. The Bertz CT molecular complexity index is 1150. The summed E-state index contributed by atoms with van der Waals surface area (Å²) in [6.07, 6.45) is 6.17. The third-order valence-electron chi connectivity index (χ3n) is 7.65. The van der Waals surface area contributed by atoms with Crippen molar-refractivity contribution in [2.24, 2.45) is 15.0 Å². The molecule has 1 aromatic carbocycles. The highest BCUT2D eigenvalue weighted by molar-refractivity contribution is 6.46. The van der Waals surface area contributed by atoms with Gasteiger partial charge in [0.05, 0.1) is 5.70 Å². The first-order valence-corrected chi connectivity index (χ1v) is 13.9. The Kier molecular flexibility index (Phi) is 11.1. The number of likely N-dealkylation sites (tertiary alicyclic amines) is 1. The first-order valence-electron chi connectivity index (χ1n) is 13.9. The van der Waals surface area contributed by atoms with E-state index >= 15 is 0 Å². The Morgan fingerprint density at radius 3 is 2.38 bits per heavy atom. The molecule has 2 aliphatic heterocycles. The molecule has 0 saturated carbocycles. The average molecular weight is 541 g/mol. The van der Waals surface area contributed by atoms with Gasteiger partial charge in [-0.2, -0.15) is 0 Å². The van der Waals surface area contributed by atoms with Crippen LogP contribution in [-0.2, 0) is 0 Å². The summed E-state index contributed by atoms with van der Waals surface area (Å²) in [5.74, 6) is -1.58. The number of halogens is 2. The summed E-state index contributed by atoms with van der Waals surface area (Å²) in [5, 5.41) is 0. The first-order chi connectivity index (χ1) is 18.7. The monoisotopic (exact) mass is 540 g/mol. The van der Waals surface area contributed by atoms with E-state index in [-0.39, 0.29) is 11.5 Å². The Morgan fingerprint density at radius 1 is 1.08 bits per heavy atom. The maximum absolute atomic E-state index is 13.6. The second-order valence-corrected chi connectivity index (χ2v) is 9.96. The molecule has 7 nitrogen and oxygen atoms in total. The van der Waals surface area contributed by atoms with Crippen LogP contribution in [0.15, 0.2) is 57.2 Å². The van der Waals surface area contributed by atoms with E-state index in [1.807, 2.05) is 20.8 Å². The van der Waals surface area contributed by atoms with Crippen molar-refractivity contribution >= 4 is 23.7 Å². The minimum Gasteiger partial charge on any atom is -0.371 e. The number of carbonyl (C=O) groups is 1. The topological polar surface area (TPSA) is 63.9 Å². The number of piperazine rings is 1. The molecule has 9 heteroatoms. The lowest BCUT2D eigenvalue weighted by Gasteiger charge is -2.48. The van der Waals surface area contributed by atoms with Gasteiger partial charge in [-0.15, -0.1) is 0 Å². The quantitative estimate of drug-likeness (QED) is 0.330. The molecule has 2 aliphatic rings. The van der Waals surface area contributed by atoms with E-state index in [4.69, 9.17) is 4.99 Å². The summed E-state index contributed by atoms with van der Waals surface area (Å²) in [7, 11) is 0. The molecule has 1 amide bonds. The van der Waals surface area contributed by atoms with Crippen molar-refractivity contribution in [1.29, 1.82) is 0 Å². The van der Waals surface area contributed by atoms with Crippen molar-refractivity contribution in [3.05, 3.63) is 59.4 Å². The summed E-state index contributed by atoms with van der Waals surface area (Å²) in [5.41, 5.74) is 2.92. The van der Waals surface area contributed by atoms with Crippen LogP contribution in [0.3, 0.4) is 0 Å². The Hall–Kier alpha value is -3.20. The zero-order valence-electron chi connectivity index (χ0n) is 24.0. The number of benzene rings is 1. The highest BCUT2D eigenvalue weighted by Crippen LogP contribution is 2.26. The van der Waals surface area contributed by atoms with Crippen LogP contribution in [0.1, 0.15) is 64.2 Å². The Morgan fingerprint density at radius 2 is 1.79 bits per heavy atom. The minimum atomic E-state index is -0.991. The number of rotatable bonds is 8. The molecule has 0 aromatic heterocycles. The predicted molar refractivity (Wildman–Crippen MR) is 156 cm³/mol. The fourth-order valence-electron chi connectivity index (χ4n) is 5.37. The number of aliphatic imine (C=N–C) groups is 3. The second kappa shape index (κ2) is 14.3.